The molecule has 2 aromatic carbocycles. The minimum Gasteiger partial charge on any atom is -0.382 e. The minimum absolute atomic E-state index is 0.0304. The Bertz CT molecular complexity index is 868. The Kier molecular flexibility index (Phi) is 4.47. The molecule has 1 heterocycles. The van der Waals surface area contributed by atoms with Crippen molar-refractivity contribution in [2.45, 2.75) is 6.54 Å². The summed E-state index contributed by atoms with van der Waals surface area (Å²) in [4.78, 5) is 20.2. The molecule has 0 saturated carbocycles. The molecule has 3 N–H and O–H groups in total. The van der Waals surface area contributed by atoms with Crippen LogP contribution < -0.4 is 11.1 Å². The van der Waals surface area contributed by atoms with Gasteiger partial charge < -0.3 is 11.1 Å². The molecule has 0 radical (unpaired) electrons. The fraction of sp³-hybridized carbons (Fsp3) is 0.0556. The van der Waals surface area contributed by atoms with Gasteiger partial charge >= 0.3 is 0 Å². The smallest absolute Gasteiger partial charge is 0.254 e. The van der Waals surface area contributed by atoms with Crippen LogP contribution in [0.15, 0.2) is 60.9 Å². The molecular formula is C18H15FN4O. The van der Waals surface area contributed by atoms with Crippen molar-refractivity contribution < 1.29 is 9.18 Å². The first-order chi connectivity index (χ1) is 11.6. The Morgan fingerprint density at radius 2 is 1.83 bits per heavy atom. The van der Waals surface area contributed by atoms with Crippen LogP contribution in [0.25, 0.3) is 11.3 Å². The van der Waals surface area contributed by atoms with Gasteiger partial charge in [0.2, 0.25) is 0 Å². The second kappa shape index (κ2) is 6.87. The van der Waals surface area contributed by atoms with Crippen LogP contribution in [-0.4, -0.2) is 15.9 Å². The molecule has 0 aliphatic rings. The molecule has 120 valence electrons. The number of carbonyl (C=O) groups is 1. The van der Waals surface area contributed by atoms with Gasteiger partial charge in [0, 0.05) is 24.5 Å². The highest BCUT2D eigenvalue weighted by Gasteiger charge is 2.14. The first kappa shape index (κ1) is 15.6. The quantitative estimate of drug-likeness (QED) is 0.774. The third kappa shape index (κ3) is 3.38. The third-order valence-corrected chi connectivity index (χ3v) is 3.51. The van der Waals surface area contributed by atoms with Crippen LogP contribution in [0.2, 0.25) is 0 Å². The van der Waals surface area contributed by atoms with Gasteiger partial charge in [0.1, 0.15) is 17.3 Å². The van der Waals surface area contributed by atoms with Crippen molar-refractivity contribution in [2.24, 2.45) is 0 Å². The number of nitrogens with two attached hydrogens (primary N) is 1. The summed E-state index contributed by atoms with van der Waals surface area (Å²) in [6.07, 6.45) is 2.94. The third-order valence-electron chi connectivity index (χ3n) is 3.51. The lowest BCUT2D eigenvalue weighted by molar-refractivity contribution is 0.0947. The SMILES string of the molecule is Nc1nccnc1-c1ccc(C(=O)NCc2ccccc2)c(F)c1. The number of rotatable bonds is 4. The molecule has 5 nitrogen and oxygen atoms in total. The monoisotopic (exact) mass is 322 g/mol. The second-order valence-corrected chi connectivity index (χ2v) is 5.15. The van der Waals surface area contributed by atoms with Gasteiger partial charge in [-0.1, -0.05) is 36.4 Å². The summed E-state index contributed by atoms with van der Waals surface area (Å²) in [5.41, 5.74) is 7.50. The van der Waals surface area contributed by atoms with E-state index in [9.17, 15) is 9.18 Å². The zero-order valence-electron chi connectivity index (χ0n) is 12.7. The second-order valence-electron chi connectivity index (χ2n) is 5.15. The highest BCUT2D eigenvalue weighted by atomic mass is 19.1. The van der Waals surface area contributed by atoms with Gasteiger partial charge in [-0.05, 0) is 17.7 Å². The molecule has 0 unspecified atom stereocenters. The van der Waals surface area contributed by atoms with E-state index >= 15 is 0 Å². The van der Waals surface area contributed by atoms with E-state index in [-0.39, 0.29) is 11.4 Å². The molecular weight excluding hydrogens is 307 g/mol. The number of halogens is 1. The Balaban J connectivity index is 1.77. The maximum Gasteiger partial charge on any atom is 0.254 e. The number of nitrogens with zero attached hydrogens (tertiary/aromatic N) is 2. The van der Waals surface area contributed by atoms with E-state index in [1.165, 1.54) is 24.5 Å². The van der Waals surface area contributed by atoms with Gasteiger partial charge in [-0.15, -0.1) is 0 Å². The first-order valence-corrected chi connectivity index (χ1v) is 7.33. The average Bonchev–Trinajstić information content (AvgIpc) is 2.61. The number of carbonyl (C=O) groups excluding carboxylic acids is 1. The van der Waals surface area contributed by atoms with Crippen molar-refractivity contribution in [3.63, 3.8) is 0 Å². The zero-order valence-corrected chi connectivity index (χ0v) is 12.7. The normalized spacial score (nSPS) is 10.4. The highest BCUT2D eigenvalue weighted by Crippen LogP contribution is 2.23. The molecule has 1 amide bonds. The predicted octanol–water partition coefficient (Wildman–Crippen LogP) is 2.79. The number of anilines is 1. The van der Waals surface area contributed by atoms with E-state index in [4.69, 9.17) is 5.73 Å². The summed E-state index contributed by atoms with van der Waals surface area (Å²) >= 11 is 0. The van der Waals surface area contributed by atoms with Crippen LogP contribution in [0.4, 0.5) is 10.2 Å². The molecule has 6 heteroatoms. The summed E-state index contributed by atoms with van der Waals surface area (Å²) in [7, 11) is 0. The molecule has 0 aliphatic carbocycles. The number of aromatic nitrogens is 2. The van der Waals surface area contributed by atoms with Crippen molar-refractivity contribution in [2.75, 3.05) is 5.73 Å². The van der Waals surface area contributed by atoms with Gasteiger partial charge in [0.15, 0.2) is 0 Å². The Morgan fingerprint density at radius 3 is 2.54 bits per heavy atom. The lowest BCUT2D eigenvalue weighted by Gasteiger charge is -2.08. The van der Waals surface area contributed by atoms with Crippen LogP contribution in [0.1, 0.15) is 15.9 Å². The largest absolute Gasteiger partial charge is 0.382 e. The molecule has 0 bridgehead atoms. The van der Waals surface area contributed by atoms with Gasteiger partial charge in [-0.3, -0.25) is 9.78 Å². The zero-order chi connectivity index (χ0) is 16.9. The van der Waals surface area contributed by atoms with Crippen LogP contribution >= 0.6 is 0 Å². The molecule has 0 aliphatic heterocycles. The standard InChI is InChI=1S/C18H15FN4O/c19-15-10-13(16-17(20)22-9-8-21-16)6-7-14(15)18(24)23-11-12-4-2-1-3-5-12/h1-10H,11H2,(H2,20,22)(H,23,24). The highest BCUT2D eigenvalue weighted by molar-refractivity contribution is 5.95. The number of amides is 1. The Morgan fingerprint density at radius 1 is 1.08 bits per heavy atom. The minimum atomic E-state index is -0.636. The molecule has 0 fully saturated rings. The van der Waals surface area contributed by atoms with Crippen LogP contribution in [-0.2, 0) is 6.54 Å². The van der Waals surface area contributed by atoms with Crippen LogP contribution in [0.5, 0.6) is 0 Å². The van der Waals surface area contributed by atoms with E-state index in [1.807, 2.05) is 30.3 Å². The fourth-order valence-corrected chi connectivity index (χ4v) is 2.29. The Labute approximate surface area is 138 Å². The number of nitrogens with one attached hydrogen (secondary N) is 1. The molecule has 0 atom stereocenters. The van der Waals surface area contributed by atoms with E-state index in [1.54, 1.807) is 6.07 Å². The average molecular weight is 322 g/mol. The maximum atomic E-state index is 14.3. The topological polar surface area (TPSA) is 80.9 Å². The number of benzene rings is 2. The molecule has 24 heavy (non-hydrogen) atoms. The predicted molar refractivity (Wildman–Crippen MR) is 89.5 cm³/mol. The molecule has 0 saturated heterocycles. The van der Waals surface area contributed by atoms with Crippen molar-refractivity contribution >= 4 is 11.7 Å². The van der Waals surface area contributed by atoms with E-state index in [0.717, 1.165) is 5.56 Å². The van der Waals surface area contributed by atoms with Gasteiger partial charge in [0.05, 0.1) is 5.56 Å². The van der Waals surface area contributed by atoms with E-state index in [2.05, 4.69) is 15.3 Å². The molecule has 3 rings (SSSR count). The van der Waals surface area contributed by atoms with Gasteiger partial charge in [-0.25, -0.2) is 9.37 Å². The van der Waals surface area contributed by atoms with Crippen LogP contribution in [0, 0.1) is 5.82 Å². The molecule has 1 aromatic heterocycles. The van der Waals surface area contributed by atoms with E-state index in [0.29, 0.717) is 17.8 Å². The van der Waals surface area contributed by atoms with Crippen LogP contribution in [0.3, 0.4) is 0 Å². The van der Waals surface area contributed by atoms with Crippen molar-refractivity contribution in [1.82, 2.24) is 15.3 Å². The fourth-order valence-electron chi connectivity index (χ4n) is 2.29. The lowest BCUT2D eigenvalue weighted by Crippen LogP contribution is -2.23. The van der Waals surface area contributed by atoms with Gasteiger partial charge in [-0.2, -0.15) is 0 Å². The summed E-state index contributed by atoms with van der Waals surface area (Å²) in [6.45, 7) is 0.331. The van der Waals surface area contributed by atoms with Gasteiger partial charge in [0.25, 0.3) is 5.91 Å². The lowest BCUT2D eigenvalue weighted by atomic mass is 10.1. The molecule has 3 aromatic rings. The number of hydrogen-bond donors (Lipinski definition) is 2. The summed E-state index contributed by atoms with van der Waals surface area (Å²) in [5, 5.41) is 2.70. The first-order valence-electron chi connectivity index (χ1n) is 7.33. The number of hydrogen-bond acceptors (Lipinski definition) is 4. The summed E-state index contributed by atoms with van der Waals surface area (Å²) < 4.78 is 14.3. The summed E-state index contributed by atoms with van der Waals surface area (Å²) in [6, 6.07) is 13.7. The van der Waals surface area contributed by atoms with E-state index < -0.39 is 11.7 Å². The van der Waals surface area contributed by atoms with Crippen molar-refractivity contribution in [3.8, 4) is 11.3 Å². The Hall–Kier alpha value is -3.28. The summed E-state index contributed by atoms with van der Waals surface area (Å²) in [5.74, 6) is -0.906. The van der Waals surface area contributed by atoms with Crippen molar-refractivity contribution in [1.29, 1.82) is 0 Å². The maximum absolute atomic E-state index is 14.3. The molecule has 0 spiro atoms. The van der Waals surface area contributed by atoms with Crippen molar-refractivity contribution in [3.05, 3.63) is 77.9 Å². The number of nitrogen functional groups attached to an aromatic ring is 1.